The van der Waals surface area contributed by atoms with Crippen molar-refractivity contribution in [1.29, 1.82) is 0 Å². The van der Waals surface area contributed by atoms with Gasteiger partial charge in [0.2, 0.25) is 5.91 Å². The van der Waals surface area contributed by atoms with Crippen LogP contribution in [-0.2, 0) is 4.79 Å². The number of hydrogen-bond donors (Lipinski definition) is 1. The van der Waals surface area contributed by atoms with Gasteiger partial charge < -0.3 is 10.0 Å². The summed E-state index contributed by atoms with van der Waals surface area (Å²) in [6.07, 6.45) is 4.83. The summed E-state index contributed by atoms with van der Waals surface area (Å²) in [5.74, 6) is 0.567. The molecule has 1 saturated carbocycles. The quantitative estimate of drug-likeness (QED) is 0.820. The molecular weight excluding hydrogens is 214 g/mol. The molecule has 3 unspecified atom stereocenters. The Kier molecular flexibility index (Phi) is 3.48. The first kappa shape index (κ1) is 12.9. The van der Waals surface area contributed by atoms with Crippen LogP contribution in [0.2, 0.25) is 0 Å². The van der Waals surface area contributed by atoms with Crippen LogP contribution in [0.25, 0.3) is 0 Å². The third kappa shape index (κ3) is 2.82. The highest BCUT2D eigenvalue weighted by molar-refractivity contribution is 5.82. The molecule has 0 bridgehead atoms. The molecule has 2 aliphatic rings. The molecule has 1 aliphatic heterocycles. The molecule has 1 heterocycles. The molecular formula is C14H25NO2. The molecule has 3 atom stereocenters. The molecule has 98 valence electrons. The molecule has 0 aromatic heterocycles. The third-order valence-corrected chi connectivity index (χ3v) is 4.33. The summed E-state index contributed by atoms with van der Waals surface area (Å²) in [6.45, 7) is 7.05. The van der Waals surface area contributed by atoms with E-state index in [1.807, 2.05) is 6.92 Å². The van der Waals surface area contributed by atoms with Gasteiger partial charge in [0.1, 0.15) is 0 Å². The second-order valence-corrected chi connectivity index (χ2v) is 6.51. The summed E-state index contributed by atoms with van der Waals surface area (Å²) < 4.78 is 0. The molecule has 1 aliphatic carbocycles. The van der Waals surface area contributed by atoms with Gasteiger partial charge in [-0.3, -0.25) is 4.79 Å². The van der Waals surface area contributed by atoms with E-state index in [4.69, 9.17) is 0 Å². The molecule has 1 saturated heterocycles. The highest BCUT2D eigenvalue weighted by Gasteiger charge is 2.52. The van der Waals surface area contributed by atoms with E-state index in [-0.39, 0.29) is 23.5 Å². The average molecular weight is 239 g/mol. The fourth-order valence-electron chi connectivity index (χ4n) is 3.02. The van der Waals surface area contributed by atoms with Gasteiger partial charge in [-0.1, -0.05) is 13.8 Å². The molecule has 0 aromatic rings. The topological polar surface area (TPSA) is 40.5 Å². The summed E-state index contributed by atoms with van der Waals surface area (Å²) in [5, 5.41) is 9.52. The lowest BCUT2D eigenvalue weighted by molar-refractivity contribution is -0.137. The molecule has 2 fully saturated rings. The first-order valence-corrected chi connectivity index (χ1v) is 6.90. The lowest BCUT2D eigenvalue weighted by Crippen LogP contribution is -2.46. The van der Waals surface area contributed by atoms with E-state index in [0.29, 0.717) is 5.91 Å². The second-order valence-electron chi connectivity index (χ2n) is 6.51. The minimum atomic E-state index is -0.305. The predicted molar refractivity (Wildman–Crippen MR) is 67.5 cm³/mol. The van der Waals surface area contributed by atoms with E-state index in [9.17, 15) is 9.90 Å². The van der Waals surface area contributed by atoms with Crippen LogP contribution in [0.5, 0.6) is 0 Å². The molecule has 0 radical (unpaired) electrons. The second kappa shape index (κ2) is 4.60. The van der Waals surface area contributed by atoms with Gasteiger partial charge in [-0.2, -0.15) is 0 Å². The number of carbonyl (C=O) groups excluding carboxylic acids is 1. The lowest BCUT2D eigenvalue weighted by Gasteiger charge is -2.37. The summed E-state index contributed by atoms with van der Waals surface area (Å²) in [6, 6.07) is 0.271. The van der Waals surface area contributed by atoms with Crippen molar-refractivity contribution >= 4 is 5.91 Å². The van der Waals surface area contributed by atoms with E-state index in [2.05, 4.69) is 18.7 Å². The summed E-state index contributed by atoms with van der Waals surface area (Å²) in [7, 11) is 0. The van der Waals surface area contributed by atoms with E-state index < -0.39 is 0 Å². The molecule has 3 heteroatoms. The Labute approximate surface area is 104 Å². The van der Waals surface area contributed by atoms with Gasteiger partial charge in [0.25, 0.3) is 0 Å². The predicted octanol–water partition coefficient (Wildman–Crippen LogP) is 2.18. The van der Waals surface area contributed by atoms with Gasteiger partial charge in [0.15, 0.2) is 0 Å². The fraction of sp³-hybridized carbons (Fsp3) is 0.929. The molecule has 1 N–H and O–H groups in total. The monoisotopic (exact) mass is 239 g/mol. The zero-order valence-corrected chi connectivity index (χ0v) is 11.3. The number of amides is 1. The van der Waals surface area contributed by atoms with E-state index in [1.165, 1.54) is 6.42 Å². The number of rotatable bonds is 3. The Morgan fingerprint density at radius 3 is 2.65 bits per heavy atom. The van der Waals surface area contributed by atoms with Crippen molar-refractivity contribution in [2.45, 2.75) is 65.0 Å². The van der Waals surface area contributed by atoms with Crippen LogP contribution in [0.4, 0.5) is 0 Å². The van der Waals surface area contributed by atoms with Crippen LogP contribution in [0.15, 0.2) is 0 Å². The highest BCUT2D eigenvalue weighted by atomic mass is 16.3. The average Bonchev–Trinajstić information content (AvgIpc) is 2.87. The molecule has 0 aromatic carbocycles. The number of aliphatic hydroxyl groups excluding tert-OH is 1. The minimum Gasteiger partial charge on any atom is -0.393 e. The Balaban J connectivity index is 1.99. The molecule has 1 amide bonds. The Morgan fingerprint density at radius 2 is 2.12 bits per heavy atom. The van der Waals surface area contributed by atoms with Gasteiger partial charge >= 0.3 is 0 Å². The fourth-order valence-corrected chi connectivity index (χ4v) is 3.02. The molecule has 17 heavy (non-hydrogen) atoms. The van der Waals surface area contributed by atoms with Crippen LogP contribution in [0.1, 0.15) is 52.9 Å². The number of hydrogen-bond acceptors (Lipinski definition) is 2. The van der Waals surface area contributed by atoms with Crippen molar-refractivity contribution in [3.05, 3.63) is 0 Å². The van der Waals surface area contributed by atoms with E-state index >= 15 is 0 Å². The van der Waals surface area contributed by atoms with Crippen molar-refractivity contribution in [2.75, 3.05) is 6.54 Å². The van der Waals surface area contributed by atoms with Crippen LogP contribution < -0.4 is 0 Å². The minimum absolute atomic E-state index is 0.212. The first-order valence-electron chi connectivity index (χ1n) is 6.90. The maximum atomic E-state index is 12.4. The van der Waals surface area contributed by atoms with Crippen LogP contribution >= 0.6 is 0 Å². The Bertz CT molecular complexity index is 299. The third-order valence-electron chi connectivity index (χ3n) is 4.33. The van der Waals surface area contributed by atoms with Gasteiger partial charge in [0.05, 0.1) is 6.10 Å². The van der Waals surface area contributed by atoms with Crippen LogP contribution in [0, 0.1) is 11.3 Å². The maximum absolute atomic E-state index is 12.4. The summed E-state index contributed by atoms with van der Waals surface area (Å²) >= 11 is 0. The standard InChI is InChI=1S/C14H25NO2/c1-10(16)8-11-6-4-5-7-15(11)13(17)12-9-14(12,2)3/h10-12,16H,4-9H2,1-3H3. The van der Waals surface area contributed by atoms with Gasteiger partial charge in [0, 0.05) is 18.5 Å². The summed E-state index contributed by atoms with van der Waals surface area (Å²) in [5.41, 5.74) is 0.212. The van der Waals surface area contributed by atoms with Gasteiger partial charge in [-0.25, -0.2) is 0 Å². The SMILES string of the molecule is CC(O)CC1CCCCN1C(=O)C1CC1(C)C. The van der Waals surface area contributed by atoms with Crippen molar-refractivity contribution in [1.82, 2.24) is 4.90 Å². The number of carbonyl (C=O) groups is 1. The van der Waals surface area contributed by atoms with Gasteiger partial charge in [-0.05, 0) is 44.4 Å². The molecule has 3 nitrogen and oxygen atoms in total. The zero-order valence-electron chi connectivity index (χ0n) is 11.3. The Hall–Kier alpha value is -0.570. The number of piperidine rings is 1. The van der Waals surface area contributed by atoms with Crippen LogP contribution in [-0.4, -0.2) is 34.6 Å². The number of likely N-dealkylation sites (tertiary alicyclic amines) is 1. The van der Waals surface area contributed by atoms with Crippen molar-refractivity contribution in [3.8, 4) is 0 Å². The van der Waals surface area contributed by atoms with E-state index in [0.717, 1.165) is 32.2 Å². The first-order chi connectivity index (χ1) is 7.92. The molecule has 2 rings (SSSR count). The largest absolute Gasteiger partial charge is 0.393 e. The zero-order chi connectivity index (χ0) is 12.6. The normalized spacial score (nSPS) is 33.3. The lowest BCUT2D eigenvalue weighted by atomic mass is 9.96. The van der Waals surface area contributed by atoms with Crippen molar-refractivity contribution < 1.29 is 9.90 Å². The number of aliphatic hydroxyl groups is 1. The van der Waals surface area contributed by atoms with Gasteiger partial charge in [-0.15, -0.1) is 0 Å². The van der Waals surface area contributed by atoms with Crippen molar-refractivity contribution in [2.24, 2.45) is 11.3 Å². The summed E-state index contributed by atoms with van der Waals surface area (Å²) in [4.78, 5) is 14.5. The number of nitrogens with zero attached hydrogens (tertiary/aromatic N) is 1. The molecule has 0 spiro atoms. The van der Waals surface area contributed by atoms with E-state index in [1.54, 1.807) is 0 Å². The van der Waals surface area contributed by atoms with Crippen LogP contribution in [0.3, 0.4) is 0 Å². The smallest absolute Gasteiger partial charge is 0.226 e. The highest BCUT2D eigenvalue weighted by Crippen LogP contribution is 2.52. The maximum Gasteiger partial charge on any atom is 0.226 e. The Morgan fingerprint density at radius 1 is 1.47 bits per heavy atom. The van der Waals surface area contributed by atoms with Crippen molar-refractivity contribution in [3.63, 3.8) is 0 Å².